The second-order valence-electron chi connectivity index (χ2n) is 18.9. The molecule has 0 bridgehead atoms. The van der Waals surface area contributed by atoms with Gasteiger partial charge in [0.25, 0.3) is 11.8 Å². The fraction of sp³-hybridized carbons (Fsp3) is 0.339. The van der Waals surface area contributed by atoms with Gasteiger partial charge in [0.2, 0.25) is 11.8 Å². The third kappa shape index (κ3) is 10.4. The highest BCUT2D eigenvalue weighted by molar-refractivity contribution is 6.15. The number of carboxylic acids is 1. The van der Waals surface area contributed by atoms with Crippen molar-refractivity contribution in [1.82, 2.24) is 5.32 Å². The van der Waals surface area contributed by atoms with E-state index in [-0.39, 0.29) is 68.1 Å². The van der Waals surface area contributed by atoms with Gasteiger partial charge in [-0.15, -0.1) is 0 Å². The molecule has 5 aromatic rings. The average molecular weight is 960 g/mol. The predicted octanol–water partition coefficient (Wildman–Crippen LogP) is 8.65. The van der Waals surface area contributed by atoms with Gasteiger partial charge in [0.05, 0.1) is 30.4 Å². The van der Waals surface area contributed by atoms with Gasteiger partial charge >= 0.3 is 5.97 Å². The molecule has 9 rings (SSSR count). The van der Waals surface area contributed by atoms with Gasteiger partial charge in [-0.3, -0.25) is 38.7 Å². The van der Waals surface area contributed by atoms with Gasteiger partial charge in [0.15, 0.2) is 17.3 Å². The van der Waals surface area contributed by atoms with Gasteiger partial charge < -0.3 is 34.9 Å². The third-order valence-corrected chi connectivity index (χ3v) is 13.8. The number of aliphatic carboxylic acids is 1. The lowest BCUT2D eigenvalue weighted by molar-refractivity contribution is -0.137. The summed E-state index contributed by atoms with van der Waals surface area (Å²) in [6.45, 7) is 5.25. The molecule has 4 atom stereocenters. The van der Waals surface area contributed by atoms with Gasteiger partial charge in [-0.05, 0) is 128 Å². The molecule has 4 aliphatic heterocycles. The molecule has 0 saturated heterocycles. The van der Waals surface area contributed by atoms with E-state index in [2.05, 4.69) is 16.7 Å². The van der Waals surface area contributed by atoms with Gasteiger partial charge in [0, 0.05) is 72.5 Å². The molecule has 366 valence electrons. The third-order valence-electron chi connectivity index (χ3n) is 13.8. The second kappa shape index (κ2) is 20.6. The van der Waals surface area contributed by atoms with E-state index in [9.17, 15) is 28.8 Å². The number of methoxy groups -OCH3 is 1. The molecular weight excluding hydrogens is 903 g/mol. The van der Waals surface area contributed by atoms with Crippen molar-refractivity contribution in [2.45, 2.75) is 110 Å². The number of fused-ring (bicyclic) bond motifs is 8. The zero-order valence-corrected chi connectivity index (χ0v) is 40.3. The Bertz CT molecular complexity index is 2980. The van der Waals surface area contributed by atoms with E-state index in [1.54, 1.807) is 49.2 Å². The maximum absolute atomic E-state index is 14.1. The molecule has 15 nitrogen and oxygen atoms in total. The van der Waals surface area contributed by atoms with Crippen LogP contribution in [0.2, 0.25) is 0 Å². The number of hydrogen-bond acceptors (Lipinski definition) is 10. The van der Waals surface area contributed by atoms with Crippen molar-refractivity contribution in [1.29, 1.82) is 0 Å². The van der Waals surface area contributed by atoms with Crippen LogP contribution in [-0.4, -0.2) is 71.9 Å². The zero-order chi connectivity index (χ0) is 49.9. The molecule has 0 fully saturated rings. The molecule has 15 heteroatoms. The number of para-hydroxylation sites is 2. The highest BCUT2D eigenvalue weighted by atomic mass is 16.5. The topological polar surface area (TPSA) is 193 Å². The van der Waals surface area contributed by atoms with E-state index in [0.29, 0.717) is 76.6 Å². The number of ketones is 1. The Kier molecular flexibility index (Phi) is 14.0. The minimum Gasteiger partial charge on any atom is -0.493 e. The van der Waals surface area contributed by atoms with E-state index < -0.39 is 23.8 Å². The van der Waals surface area contributed by atoms with Gasteiger partial charge in [-0.25, -0.2) is 0 Å². The van der Waals surface area contributed by atoms with Gasteiger partial charge in [0.1, 0.15) is 19.0 Å². The first-order chi connectivity index (χ1) is 34.2. The molecule has 0 unspecified atom stereocenters. The van der Waals surface area contributed by atoms with Crippen molar-refractivity contribution in [2.24, 2.45) is 10.9 Å². The van der Waals surface area contributed by atoms with Crippen LogP contribution in [0, 0.1) is 12.8 Å². The number of Topliss-reactive ketones (excluding diaryl/α,β-unsaturated/α-hetero) is 1. The van der Waals surface area contributed by atoms with Crippen molar-refractivity contribution in [3.8, 4) is 17.2 Å². The Balaban J connectivity index is 0.928. The Hall–Kier alpha value is -7.81. The summed E-state index contributed by atoms with van der Waals surface area (Å²) in [7, 11) is 1.51. The van der Waals surface area contributed by atoms with Gasteiger partial charge in [-0.1, -0.05) is 43.3 Å². The number of amides is 4. The molecule has 3 N–H and O–H groups in total. The Morgan fingerprint density at radius 2 is 1.42 bits per heavy atom. The first kappa shape index (κ1) is 48.2. The summed E-state index contributed by atoms with van der Waals surface area (Å²) in [4.78, 5) is 86.8. The van der Waals surface area contributed by atoms with Crippen molar-refractivity contribution >= 4 is 64.3 Å². The second-order valence-corrected chi connectivity index (χ2v) is 18.9. The molecule has 71 heavy (non-hydrogen) atoms. The SMILES string of the molecule is COc1cc2c(cc1OCc1cc(COc3cc4c(cc3C)C(=O)N3c5ccccc5C[C@H]3CC4)cc(NC(=O)[C@@H](C)CC(=O)[C@H](C)NC(=O)CCCCC(=O)O)c1)N=C[C@@H]1Cc3ccccc3N1C2=O. The largest absolute Gasteiger partial charge is 0.493 e. The monoisotopic (exact) mass is 959 g/mol. The smallest absolute Gasteiger partial charge is 0.303 e. The summed E-state index contributed by atoms with van der Waals surface area (Å²) >= 11 is 0. The number of rotatable bonds is 18. The van der Waals surface area contributed by atoms with Gasteiger partial charge in [-0.2, -0.15) is 0 Å². The fourth-order valence-electron chi connectivity index (χ4n) is 10.0. The highest BCUT2D eigenvalue weighted by Gasteiger charge is 2.38. The molecule has 4 amide bonds. The molecule has 0 saturated carbocycles. The van der Waals surface area contributed by atoms with Crippen LogP contribution in [0.3, 0.4) is 0 Å². The van der Waals surface area contributed by atoms with Crippen LogP contribution in [0.1, 0.15) is 106 Å². The summed E-state index contributed by atoms with van der Waals surface area (Å²) in [6, 6.07) is 27.7. The Morgan fingerprint density at radius 3 is 2.14 bits per heavy atom. The molecule has 0 aromatic heterocycles. The lowest BCUT2D eigenvalue weighted by Crippen LogP contribution is -2.39. The van der Waals surface area contributed by atoms with Crippen molar-refractivity contribution in [3.05, 3.63) is 136 Å². The summed E-state index contributed by atoms with van der Waals surface area (Å²) < 4.78 is 18.7. The lowest BCUT2D eigenvalue weighted by atomic mass is 9.98. The first-order valence-corrected chi connectivity index (χ1v) is 24.2. The molecule has 0 aliphatic carbocycles. The maximum Gasteiger partial charge on any atom is 0.303 e. The number of aryl methyl sites for hydroxylation is 2. The normalized spacial score (nSPS) is 17.0. The fourth-order valence-corrected chi connectivity index (χ4v) is 10.0. The van der Waals surface area contributed by atoms with E-state index in [0.717, 1.165) is 40.9 Å². The van der Waals surface area contributed by atoms with Crippen LogP contribution in [0.25, 0.3) is 0 Å². The summed E-state index contributed by atoms with van der Waals surface area (Å²) in [5, 5.41) is 14.5. The zero-order valence-electron chi connectivity index (χ0n) is 40.3. The molecule has 5 aromatic carbocycles. The number of hydrogen-bond donors (Lipinski definition) is 3. The summed E-state index contributed by atoms with van der Waals surface area (Å²) in [6.07, 6.45) is 5.46. The van der Waals surface area contributed by atoms with Crippen LogP contribution in [0.15, 0.2) is 96.0 Å². The number of nitrogens with one attached hydrogen (secondary N) is 2. The molecule has 0 spiro atoms. The van der Waals surface area contributed by atoms with Crippen LogP contribution >= 0.6 is 0 Å². The predicted molar refractivity (Wildman–Crippen MR) is 268 cm³/mol. The van der Waals surface area contributed by atoms with Crippen molar-refractivity contribution in [2.75, 3.05) is 22.2 Å². The van der Waals surface area contributed by atoms with Crippen molar-refractivity contribution < 1.29 is 48.1 Å². The number of carbonyl (C=O) groups excluding carboxylic acids is 5. The minimum absolute atomic E-state index is 0.00841. The van der Waals surface area contributed by atoms with E-state index >= 15 is 0 Å². The number of anilines is 3. The average Bonchev–Trinajstić information content (AvgIpc) is 3.85. The summed E-state index contributed by atoms with van der Waals surface area (Å²) in [5.41, 5.74) is 9.14. The number of carbonyl (C=O) groups is 6. The number of unbranched alkanes of at least 4 members (excludes halogenated alkanes) is 1. The van der Waals surface area contributed by atoms with Crippen LogP contribution < -0.4 is 34.6 Å². The van der Waals surface area contributed by atoms with E-state index in [1.807, 2.05) is 72.5 Å². The number of nitrogens with zero attached hydrogens (tertiary/aromatic N) is 3. The lowest BCUT2D eigenvalue weighted by Gasteiger charge is -2.23. The van der Waals surface area contributed by atoms with Crippen molar-refractivity contribution in [3.63, 3.8) is 0 Å². The number of ether oxygens (including phenoxy) is 3. The number of aliphatic imine (C=N–C) groups is 1. The Labute approximate surface area is 412 Å². The van der Waals surface area contributed by atoms with E-state index in [4.69, 9.17) is 24.3 Å². The van der Waals surface area contributed by atoms with Crippen LogP contribution in [0.5, 0.6) is 17.2 Å². The molecular formula is C56H57N5O10. The quantitative estimate of drug-likeness (QED) is 0.0716. The van der Waals surface area contributed by atoms with Crippen LogP contribution in [0.4, 0.5) is 22.7 Å². The highest BCUT2D eigenvalue weighted by Crippen LogP contribution is 2.42. The summed E-state index contributed by atoms with van der Waals surface area (Å²) in [5.74, 6) is -1.65. The first-order valence-electron chi connectivity index (χ1n) is 24.2. The minimum atomic E-state index is -0.933. The number of benzene rings is 5. The standard InChI is InChI=1S/C56H57N5O10/c1-32-19-43-37(17-18-41-24-38-11-5-7-13-46(38)60(41)55(43)67)26-49(32)70-30-35-21-36(23-40(22-35)59-54(66)33(2)20-48(62)34(3)58-52(63)15-9-10-16-53(64)65)31-71-51-28-45-44(27-50(51)69-4)56(68)61-42(29-57-45)25-39-12-6-8-14-47(39)61/h5-8,11-14,19,21-23,26-29,33-34,41-42H,9-10,15-18,20,24-25,30-31H2,1-4H3,(H,58,63)(H,59,66)(H,64,65)/t33-,34-,41+,42-/m0/s1. The number of carboxylic acid groups (broad SMARTS) is 1. The molecule has 4 heterocycles. The maximum atomic E-state index is 14.1. The Morgan fingerprint density at radius 1 is 0.761 bits per heavy atom. The van der Waals surface area contributed by atoms with Crippen LogP contribution in [-0.2, 0) is 51.7 Å². The molecule has 0 radical (unpaired) electrons. The van der Waals surface area contributed by atoms with E-state index in [1.165, 1.54) is 12.7 Å². The molecule has 4 aliphatic rings.